The van der Waals surface area contributed by atoms with E-state index in [0.29, 0.717) is 18.8 Å². The molecular formula is C29H28N2O4. The number of methoxy groups -OCH3 is 1. The lowest BCUT2D eigenvalue weighted by Gasteiger charge is -2.22. The Morgan fingerprint density at radius 3 is 2.23 bits per heavy atom. The van der Waals surface area contributed by atoms with Gasteiger partial charge < -0.3 is 9.47 Å². The molecule has 1 heterocycles. The normalized spacial score (nSPS) is 10.7. The van der Waals surface area contributed by atoms with Crippen LogP contribution in [-0.2, 0) is 27.4 Å². The maximum atomic E-state index is 12.4. The molecule has 0 fully saturated rings. The third kappa shape index (κ3) is 6.23. The second kappa shape index (κ2) is 11.3. The van der Waals surface area contributed by atoms with Crippen molar-refractivity contribution in [2.24, 2.45) is 0 Å². The van der Waals surface area contributed by atoms with Crippen molar-refractivity contribution in [2.45, 2.75) is 32.8 Å². The Morgan fingerprint density at radius 1 is 0.857 bits per heavy atom. The van der Waals surface area contributed by atoms with Crippen molar-refractivity contribution in [3.05, 3.63) is 96.2 Å². The van der Waals surface area contributed by atoms with Crippen molar-refractivity contribution in [1.29, 1.82) is 0 Å². The van der Waals surface area contributed by atoms with E-state index in [1.54, 1.807) is 11.8 Å². The highest BCUT2D eigenvalue weighted by molar-refractivity contribution is 5.99. The molecule has 0 aliphatic carbocycles. The van der Waals surface area contributed by atoms with Crippen molar-refractivity contribution in [2.75, 3.05) is 12.0 Å². The van der Waals surface area contributed by atoms with Gasteiger partial charge in [-0.15, -0.1) is 0 Å². The van der Waals surface area contributed by atoms with Crippen LogP contribution in [0.3, 0.4) is 0 Å². The molecule has 1 aromatic heterocycles. The molecule has 0 unspecified atom stereocenters. The average Bonchev–Trinajstić information content (AvgIpc) is 2.89. The molecule has 0 saturated carbocycles. The van der Waals surface area contributed by atoms with Gasteiger partial charge in [0.25, 0.3) is 0 Å². The fourth-order valence-corrected chi connectivity index (χ4v) is 3.90. The number of aryl methyl sites for hydroxylation is 1. The fraction of sp³-hybridized carbons (Fsp3) is 0.207. The Bertz CT molecular complexity index is 1300. The molecular weight excluding hydrogens is 440 g/mol. The highest BCUT2D eigenvalue weighted by atomic mass is 16.5. The van der Waals surface area contributed by atoms with E-state index in [1.165, 1.54) is 7.11 Å². The van der Waals surface area contributed by atoms with E-state index in [4.69, 9.17) is 4.74 Å². The first-order chi connectivity index (χ1) is 17.0. The monoisotopic (exact) mass is 468 g/mol. The minimum Gasteiger partial charge on any atom is -0.487 e. The van der Waals surface area contributed by atoms with Crippen LogP contribution < -0.4 is 9.64 Å². The minimum atomic E-state index is -0.203. The van der Waals surface area contributed by atoms with E-state index in [0.717, 1.165) is 46.4 Å². The molecule has 6 heteroatoms. The number of rotatable bonds is 9. The third-order valence-electron chi connectivity index (χ3n) is 5.72. The van der Waals surface area contributed by atoms with E-state index >= 15 is 0 Å². The zero-order valence-corrected chi connectivity index (χ0v) is 19.9. The molecule has 0 saturated heterocycles. The SMILES string of the molecule is COC(=O)CCCc1ccc(N(C(C)=O)c2ccc(OCc3ccc4ccccc4n3)cc2)cc1. The highest BCUT2D eigenvalue weighted by Crippen LogP contribution is 2.28. The summed E-state index contributed by atoms with van der Waals surface area (Å²) >= 11 is 0. The summed E-state index contributed by atoms with van der Waals surface area (Å²) in [6.45, 7) is 1.90. The predicted molar refractivity (Wildman–Crippen MR) is 137 cm³/mol. The lowest BCUT2D eigenvalue weighted by atomic mass is 10.1. The number of pyridine rings is 1. The number of carbonyl (C=O) groups is 2. The minimum absolute atomic E-state index is 0.0857. The number of ether oxygens (including phenoxy) is 2. The largest absolute Gasteiger partial charge is 0.487 e. The van der Waals surface area contributed by atoms with Crippen LogP contribution in [0.2, 0.25) is 0 Å². The highest BCUT2D eigenvalue weighted by Gasteiger charge is 2.14. The van der Waals surface area contributed by atoms with E-state index in [2.05, 4.69) is 9.72 Å². The Hall–Kier alpha value is -4.19. The fourth-order valence-electron chi connectivity index (χ4n) is 3.90. The number of benzene rings is 3. The standard InChI is InChI=1S/C29H28N2O4/c1-21(32)31(25-14-10-22(11-15-25)6-5-9-29(33)34-2)26-16-18-27(19-17-26)35-20-24-13-12-23-7-3-4-8-28(23)30-24/h3-4,7-8,10-19H,5-6,9,20H2,1-2H3. The van der Waals surface area contributed by atoms with Crippen LogP contribution in [0.4, 0.5) is 11.4 Å². The van der Waals surface area contributed by atoms with E-state index in [1.807, 2.05) is 84.9 Å². The smallest absolute Gasteiger partial charge is 0.305 e. The summed E-state index contributed by atoms with van der Waals surface area (Å²) in [6, 6.07) is 27.2. The van der Waals surface area contributed by atoms with Gasteiger partial charge in [0.05, 0.1) is 18.3 Å². The van der Waals surface area contributed by atoms with Gasteiger partial charge >= 0.3 is 5.97 Å². The topological polar surface area (TPSA) is 68.7 Å². The van der Waals surface area contributed by atoms with Crippen LogP contribution in [0.5, 0.6) is 5.75 Å². The maximum Gasteiger partial charge on any atom is 0.305 e. The maximum absolute atomic E-state index is 12.4. The summed E-state index contributed by atoms with van der Waals surface area (Å²) in [6.07, 6.45) is 1.88. The van der Waals surface area contributed by atoms with Crippen LogP contribution >= 0.6 is 0 Å². The zero-order chi connectivity index (χ0) is 24.6. The summed E-state index contributed by atoms with van der Waals surface area (Å²) in [5, 5.41) is 1.10. The number of amides is 1. The molecule has 0 aliphatic rings. The molecule has 0 atom stereocenters. The van der Waals surface area contributed by atoms with Crippen LogP contribution in [0.25, 0.3) is 10.9 Å². The third-order valence-corrected chi connectivity index (χ3v) is 5.72. The van der Waals surface area contributed by atoms with Gasteiger partial charge in [0.2, 0.25) is 5.91 Å². The van der Waals surface area contributed by atoms with Crippen LogP contribution in [0, 0.1) is 0 Å². The number of carbonyl (C=O) groups excluding carboxylic acids is 2. The second-order valence-electron chi connectivity index (χ2n) is 8.23. The number of nitrogens with zero attached hydrogens (tertiary/aromatic N) is 2. The predicted octanol–water partition coefficient (Wildman–Crippen LogP) is 5.99. The Labute approximate surface area is 205 Å². The molecule has 0 aliphatic heterocycles. The Balaban J connectivity index is 1.40. The lowest BCUT2D eigenvalue weighted by Crippen LogP contribution is -2.22. The van der Waals surface area contributed by atoms with Crippen molar-refractivity contribution in [3.8, 4) is 5.75 Å². The number of anilines is 2. The first-order valence-electron chi connectivity index (χ1n) is 11.6. The number of hydrogen-bond acceptors (Lipinski definition) is 5. The number of hydrogen-bond donors (Lipinski definition) is 0. The number of para-hydroxylation sites is 1. The molecule has 178 valence electrons. The Morgan fingerprint density at radius 2 is 1.54 bits per heavy atom. The van der Waals surface area contributed by atoms with E-state index in [9.17, 15) is 9.59 Å². The molecule has 3 aromatic carbocycles. The van der Waals surface area contributed by atoms with Crippen LogP contribution in [-0.4, -0.2) is 24.0 Å². The lowest BCUT2D eigenvalue weighted by molar-refractivity contribution is -0.140. The molecule has 1 amide bonds. The summed E-state index contributed by atoms with van der Waals surface area (Å²) in [4.78, 5) is 30.0. The van der Waals surface area contributed by atoms with Gasteiger partial charge in [-0.2, -0.15) is 0 Å². The van der Waals surface area contributed by atoms with Gasteiger partial charge in [0, 0.05) is 30.1 Å². The van der Waals surface area contributed by atoms with Crippen molar-refractivity contribution >= 4 is 34.2 Å². The van der Waals surface area contributed by atoms with Crippen molar-refractivity contribution < 1.29 is 19.1 Å². The van der Waals surface area contributed by atoms with Gasteiger partial charge in [-0.25, -0.2) is 4.98 Å². The van der Waals surface area contributed by atoms with Crippen molar-refractivity contribution in [3.63, 3.8) is 0 Å². The molecule has 35 heavy (non-hydrogen) atoms. The van der Waals surface area contributed by atoms with Crippen LogP contribution in [0.1, 0.15) is 31.0 Å². The molecule has 4 rings (SSSR count). The Kier molecular flexibility index (Phi) is 7.73. The summed E-state index contributed by atoms with van der Waals surface area (Å²) in [5.74, 6) is 0.413. The molecule has 0 N–H and O–H groups in total. The zero-order valence-electron chi connectivity index (χ0n) is 19.9. The molecule has 4 aromatic rings. The van der Waals surface area contributed by atoms with E-state index in [-0.39, 0.29) is 11.9 Å². The number of esters is 1. The van der Waals surface area contributed by atoms with Crippen molar-refractivity contribution in [1.82, 2.24) is 4.98 Å². The molecule has 6 nitrogen and oxygen atoms in total. The van der Waals surface area contributed by atoms with E-state index < -0.39 is 0 Å². The van der Waals surface area contributed by atoms with Crippen LogP contribution in [0.15, 0.2) is 84.9 Å². The second-order valence-corrected chi connectivity index (χ2v) is 8.23. The van der Waals surface area contributed by atoms with Gasteiger partial charge in [0.1, 0.15) is 12.4 Å². The first-order valence-corrected chi connectivity index (χ1v) is 11.6. The summed E-state index contributed by atoms with van der Waals surface area (Å²) in [5.41, 5.74) is 4.43. The van der Waals surface area contributed by atoms with Gasteiger partial charge in [0.15, 0.2) is 0 Å². The average molecular weight is 469 g/mol. The summed E-state index contributed by atoms with van der Waals surface area (Å²) < 4.78 is 10.6. The quantitative estimate of drug-likeness (QED) is 0.282. The summed E-state index contributed by atoms with van der Waals surface area (Å²) in [7, 11) is 1.40. The molecule has 0 spiro atoms. The van der Waals surface area contributed by atoms with Gasteiger partial charge in [-0.05, 0) is 66.9 Å². The molecule has 0 bridgehead atoms. The molecule has 0 radical (unpaired) electrons. The number of aromatic nitrogens is 1. The van der Waals surface area contributed by atoms with Gasteiger partial charge in [-0.3, -0.25) is 14.5 Å². The first kappa shape index (κ1) is 24.0. The number of fused-ring (bicyclic) bond motifs is 1. The van der Waals surface area contributed by atoms with Gasteiger partial charge in [-0.1, -0.05) is 36.4 Å².